The minimum Gasteiger partial charge on any atom is -0.481 e. The number of amides is 2. The second-order valence-corrected chi connectivity index (χ2v) is 10.7. The van der Waals surface area contributed by atoms with Crippen LogP contribution in [0.1, 0.15) is 65.7 Å². The number of likely N-dealkylation sites (tertiary alicyclic amines) is 1. The van der Waals surface area contributed by atoms with E-state index in [0.717, 1.165) is 51.9 Å². The highest BCUT2D eigenvalue weighted by molar-refractivity contribution is 5.86. The van der Waals surface area contributed by atoms with Gasteiger partial charge < -0.3 is 30.3 Å². The molecule has 33 heavy (non-hydrogen) atoms. The number of nitrogens with zero attached hydrogens (tertiary/aromatic N) is 2. The maximum Gasteiger partial charge on any atom is 0.410 e. The maximum atomic E-state index is 14.4. The fraction of sp³-hybridized carbons (Fsp3) is 0.875. The maximum absolute atomic E-state index is 14.4. The molecule has 3 saturated heterocycles. The largest absolute Gasteiger partial charge is 0.481 e. The molecule has 0 saturated carbocycles. The van der Waals surface area contributed by atoms with Crippen LogP contribution in [0.3, 0.4) is 0 Å². The Morgan fingerprint density at radius 1 is 0.939 bits per heavy atom. The van der Waals surface area contributed by atoms with E-state index >= 15 is 0 Å². The van der Waals surface area contributed by atoms with Gasteiger partial charge >= 0.3 is 12.1 Å². The summed E-state index contributed by atoms with van der Waals surface area (Å²) in [6.45, 7) is 10.4. The number of carboxylic acids is 1. The van der Waals surface area contributed by atoms with Crippen LogP contribution in [0, 0.1) is 11.3 Å². The van der Waals surface area contributed by atoms with Gasteiger partial charge in [-0.3, -0.25) is 9.59 Å². The summed E-state index contributed by atoms with van der Waals surface area (Å²) in [5.74, 6) is -0.854. The second-order valence-electron chi connectivity index (χ2n) is 10.7. The summed E-state index contributed by atoms with van der Waals surface area (Å²) in [5.41, 5.74) is -1.56. The zero-order chi connectivity index (χ0) is 24.1. The van der Waals surface area contributed by atoms with E-state index in [9.17, 15) is 19.5 Å². The van der Waals surface area contributed by atoms with Crippen LogP contribution < -0.4 is 10.6 Å². The zero-order valence-corrected chi connectivity index (χ0v) is 20.5. The van der Waals surface area contributed by atoms with Crippen molar-refractivity contribution < 1.29 is 24.2 Å². The molecule has 3 aliphatic heterocycles. The van der Waals surface area contributed by atoms with Crippen molar-refractivity contribution in [3.63, 3.8) is 0 Å². The predicted molar refractivity (Wildman–Crippen MR) is 125 cm³/mol. The molecule has 188 valence electrons. The van der Waals surface area contributed by atoms with Gasteiger partial charge in [0.25, 0.3) is 0 Å². The number of rotatable bonds is 6. The van der Waals surface area contributed by atoms with Gasteiger partial charge in [0.15, 0.2) is 0 Å². The van der Waals surface area contributed by atoms with Gasteiger partial charge in [-0.1, -0.05) is 0 Å². The molecule has 9 nitrogen and oxygen atoms in total. The number of aliphatic carboxylic acids is 1. The highest BCUT2D eigenvalue weighted by Crippen LogP contribution is 2.48. The Balaban J connectivity index is 2.05. The first-order valence-corrected chi connectivity index (χ1v) is 12.6. The van der Waals surface area contributed by atoms with Crippen LogP contribution in [0.4, 0.5) is 4.79 Å². The molecule has 3 aliphatic rings. The summed E-state index contributed by atoms with van der Waals surface area (Å²) in [6.07, 6.45) is 3.85. The van der Waals surface area contributed by atoms with Crippen molar-refractivity contribution in [1.82, 2.24) is 20.4 Å². The molecule has 2 atom stereocenters. The smallest absolute Gasteiger partial charge is 0.410 e. The van der Waals surface area contributed by atoms with Gasteiger partial charge in [-0.05, 0) is 78.3 Å². The fourth-order valence-corrected chi connectivity index (χ4v) is 5.89. The number of ether oxygens (including phenoxy) is 1. The molecule has 2 amide bonds. The number of hydrogen-bond donors (Lipinski definition) is 3. The molecule has 0 bridgehead atoms. The highest BCUT2D eigenvalue weighted by atomic mass is 16.6. The van der Waals surface area contributed by atoms with Gasteiger partial charge in [-0.25, -0.2) is 4.79 Å². The van der Waals surface area contributed by atoms with Crippen molar-refractivity contribution >= 4 is 18.0 Å². The number of carbonyl (C=O) groups excluding carboxylic acids is 2. The molecule has 9 heteroatoms. The van der Waals surface area contributed by atoms with E-state index in [2.05, 4.69) is 10.6 Å². The Bertz CT molecular complexity index is 697. The molecule has 2 unspecified atom stereocenters. The van der Waals surface area contributed by atoms with Gasteiger partial charge in [0.2, 0.25) is 5.91 Å². The van der Waals surface area contributed by atoms with Gasteiger partial charge in [-0.15, -0.1) is 0 Å². The van der Waals surface area contributed by atoms with Gasteiger partial charge in [0.1, 0.15) is 5.60 Å². The Hall–Kier alpha value is -1.87. The third-order valence-corrected chi connectivity index (χ3v) is 7.35. The van der Waals surface area contributed by atoms with Gasteiger partial charge in [-0.2, -0.15) is 0 Å². The Kier molecular flexibility index (Phi) is 8.61. The average molecular weight is 467 g/mol. The standard InChI is InChI=1S/C24H42N4O5/c1-23(2,3)33-22(32)28-15-5-4-6-19(28)24(10-7-20(29)30,18-8-11-25-12-9-18)21(31)27-16-13-26-14-17-27/h18-19,25-26H,4-17H2,1-3H3,(H,29,30). The SMILES string of the molecule is CC(C)(C)OC(=O)N1CCCCC1C(CCC(=O)O)(C(=O)N1CCNCC1)C1CCNCC1. The number of piperazine rings is 1. The first-order valence-electron chi connectivity index (χ1n) is 12.6. The van der Waals surface area contributed by atoms with Crippen LogP contribution in [0.5, 0.6) is 0 Å². The van der Waals surface area contributed by atoms with Crippen LogP contribution in [0.15, 0.2) is 0 Å². The quantitative estimate of drug-likeness (QED) is 0.549. The van der Waals surface area contributed by atoms with Crippen LogP contribution in [-0.2, 0) is 14.3 Å². The van der Waals surface area contributed by atoms with E-state index < -0.39 is 23.1 Å². The first-order chi connectivity index (χ1) is 15.6. The van der Waals surface area contributed by atoms with Crippen molar-refractivity contribution in [3.05, 3.63) is 0 Å². The molecule has 0 aromatic heterocycles. The first kappa shape index (κ1) is 25.7. The van der Waals surface area contributed by atoms with Crippen molar-refractivity contribution in [2.75, 3.05) is 45.8 Å². The number of hydrogen-bond acceptors (Lipinski definition) is 6. The van der Waals surface area contributed by atoms with Crippen LogP contribution in [0.2, 0.25) is 0 Å². The number of piperidine rings is 2. The average Bonchev–Trinajstić information content (AvgIpc) is 2.79. The number of nitrogens with one attached hydrogen (secondary N) is 2. The van der Waals surface area contributed by atoms with E-state index in [0.29, 0.717) is 26.1 Å². The summed E-state index contributed by atoms with van der Waals surface area (Å²) in [7, 11) is 0. The van der Waals surface area contributed by atoms with Crippen LogP contribution in [-0.4, -0.2) is 90.3 Å². The lowest BCUT2D eigenvalue weighted by molar-refractivity contribution is -0.157. The van der Waals surface area contributed by atoms with Crippen LogP contribution in [0.25, 0.3) is 0 Å². The molecule has 0 aromatic rings. The summed E-state index contributed by atoms with van der Waals surface area (Å²) < 4.78 is 5.76. The predicted octanol–water partition coefficient (Wildman–Crippen LogP) is 2.06. The zero-order valence-electron chi connectivity index (χ0n) is 20.5. The van der Waals surface area contributed by atoms with E-state index in [1.807, 2.05) is 25.7 Å². The molecule has 3 fully saturated rings. The minimum absolute atomic E-state index is 0.0218. The van der Waals surface area contributed by atoms with Crippen molar-refractivity contribution in [1.29, 1.82) is 0 Å². The normalized spacial score (nSPS) is 24.8. The van der Waals surface area contributed by atoms with E-state index in [1.54, 1.807) is 4.90 Å². The minimum atomic E-state index is -0.921. The lowest BCUT2D eigenvalue weighted by Gasteiger charge is -2.53. The summed E-state index contributed by atoms with van der Waals surface area (Å²) in [5, 5.41) is 16.3. The van der Waals surface area contributed by atoms with E-state index in [-0.39, 0.29) is 30.7 Å². The Morgan fingerprint density at radius 3 is 2.18 bits per heavy atom. The molecular formula is C24H42N4O5. The van der Waals surface area contributed by atoms with Crippen molar-refractivity contribution in [2.45, 2.75) is 77.4 Å². The van der Waals surface area contributed by atoms with Gasteiger partial charge in [0.05, 0.1) is 5.41 Å². The molecule has 3 N–H and O–H groups in total. The third kappa shape index (κ3) is 6.18. The van der Waals surface area contributed by atoms with Crippen LogP contribution >= 0.6 is 0 Å². The lowest BCUT2D eigenvalue weighted by Crippen LogP contribution is -2.64. The summed E-state index contributed by atoms with van der Waals surface area (Å²) in [4.78, 5) is 43.2. The molecule has 0 spiro atoms. The molecule has 0 radical (unpaired) electrons. The van der Waals surface area contributed by atoms with E-state index in [4.69, 9.17) is 4.74 Å². The molecule has 3 rings (SSSR count). The summed E-state index contributed by atoms with van der Waals surface area (Å²) >= 11 is 0. The fourth-order valence-electron chi connectivity index (χ4n) is 5.89. The van der Waals surface area contributed by atoms with Gasteiger partial charge in [0, 0.05) is 45.2 Å². The Morgan fingerprint density at radius 2 is 1.58 bits per heavy atom. The Labute approximate surface area is 197 Å². The monoisotopic (exact) mass is 466 g/mol. The highest BCUT2D eigenvalue weighted by Gasteiger charge is 2.56. The summed E-state index contributed by atoms with van der Waals surface area (Å²) in [6, 6.07) is -0.356. The van der Waals surface area contributed by atoms with Crippen molar-refractivity contribution in [2.24, 2.45) is 11.3 Å². The van der Waals surface area contributed by atoms with E-state index in [1.165, 1.54) is 0 Å². The topological polar surface area (TPSA) is 111 Å². The molecular weight excluding hydrogens is 424 g/mol. The lowest BCUT2D eigenvalue weighted by atomic mass is 9.61. The third-order valence-electron chi connectivity index (χ3n) is 7.35. The molecule has 0 aromatic carbocycles. The molecule has 3 heterocycles. The number of carbonyl (C=O) groups is 3. The number of carboxylic acid groups (broad SMARTS) is 1. The molecule has 0 aliphatic carbocycles. The van der Waals surface area contributed by atoms with Crippen molar-refractivity contribution in [3.8, 4) is 0 Å². The second kappa shape index (κ2) is 11.0.